The van der Waals surface area contributed by atoms with Gasteiger partial charge in [-0.15, -0.1) is 0 Å². The zero-order valence-corrected chi connectivity index (χ0v) is 21.7. The highest BCUT2D eigenvalue weighted by Crippen LogP contribution is 2.34. The molecule has 0 bridgehead atoms. The number of aromatic nitrogens is 2. The molecule has 39 heavy (non-hydrogen) atoms. The van der Waals surface area contributed by atoms with Crippen LogP contribution in [0.2, 0.25) is 0 Å². The summed E-state index contributed by atoms with van der Waals surface area (Å²) in [7, 11) is 2.82. The van der Waals surface area contributed by atoms with Gasteiger partial charge in [0.25, 0.3) is 5.91 Å². The highest BCUT2D eigenvalue weighted by Gasteiger charge is 2.29. The van der Waals surface area contributed by atoms with Gasteiger partial charge in [-0.05, 0) is 49.2 Å². The van der Waals surface area contributed by atoms with Crippen molar-refractivity contribution in [3.05, 3.63) is 83.4 Å². The van der Waals surface area contributed by atoms with Crippen molar-refractivity contribution in [1.29, 1.82) is 0 Å². The quantitative estimate of drug-likeness (QED) is 0.292. The van der Waals surface area contributed by atoms with E-state index in [-0.39, 0.29) is 35.8 Å². The van der Waals surface area contributed by atoms with Crippen LogP contribution in [0.1, 0.15) is 39.3 Å². The number of methoxy groups -OCH3 is 2. The molecule has 5 rings (SSSR count). The van der Waals surface area contributed by atoms with Gasteiger partial charge in [0, 0.05) is 29.7 Å². The number of benzene rings is 2. The summed E-state index contributed by atoms with van der Waals surface area (Å²) in [6.45, 7) is 1.19. The Kier molecular flexibility index (Phi) is 7.74. The monoisotopic (exact) mass is 532 g/mol. The Labute approximate surface area is 224 Å². The van der Waals surface area contributed by atoms with Crippen LogP contribution in [0.4, 0.5) is 15.8 Å². The second-order valence-corrected chi connectivity index (χ2v) is 9.19. The van der Waals surface area contributed by atoms with Crippen LogP contribution in [0.25, 0.3) is 11.0 Å². The smallest absolute Gasteiger partial charge is 0.356 e. The van der Waals surface area contributed by atoms with Gasteiger partial charge in [-0.3, -0.25) is 4.79 Å². The molecule has 2 aromatic carbocycles. The Balaban J connectivity index is 1.56. The minimum atomic E-state index is -0.609. The van der Waals surface area contributed by atoms with Crippen molar-refractivity contribution in [2.75, 3.05) is 31.5 Å². The molecule has 0 aliphatic carbocycles. The first-order valence-corrected chi connectivity index (χ1v) is 12.6. The predicted molar refractivity (Wildman–Crippen MR) is 145 cm³/mol. The molecule has 10 heteroatoms. The minimum absolute atomic E-state index is 0.0997. The lowest BCUT2D eigenvalue weighted by molar-refractivity contribution is 0.0580. The maximum Gasteiger partial charge on any atom is 0.356 e. The molecule has 2 N–H and O–H groups in total. The first-order chi connectivity index (χ1) is 19.0. The van der Waals surface area contributed by atoms with Crippen molar-refractivity contribution in [2.45, 2.75) is 32.0 Å². The molecule has 1 amide bonds. The molecule has 1 aliphatic heterocycles. The van der Waals surface area contributed by atoms with Crippen LogP contribution >= 0.6 is 0 Å². The molecule has 0 unspecified atom stereocenters. The maximum absolute atomic E-state index is 14.4. The summed E-state index contributed by atoms with van der Waals surface area (Å²) in [5.41, 5.74) is 2.38. The van der Waals surface area contributed by atoms with Gasteiger partial charge in [0.15, 0.2) is 5.69 Å². The summed E-state index contributed by atoms with van der Waals surface area (Å²) in [6.07, 6.45) is 3.28. The lowest BCUT2D eigenvalue weighted by Crippen LogP contribution is -2.21. The summed E-state index contributed by atoms with van der Waals surface area (Å²) in [5.74, 6) is -0.818. The van der Waals surface area contributed by atoms with Crippen molar-refractivity contribution in [3.8, 4) is 5.75 Å². The van der Waals surface area contributed by atoms with E-state index in [0.717, 1.165) is 12.8 Å². The van der Waals surface area contributed by atoms with Gasteiger partial charge in [0.2, 0.25) is 0 Å². The number of carbonyl (C=O) groups is 2. The van der Waals surface area contributed by atoms with Gasteiger partial charge in [-0.1, -0.05) is 18.2 Å². The molecule has 1 fully saturated rings. The SMILES string of the molecule is COC(=O)c1c(NC(=O)c2ccccc2)c2cc(NCc3cc(OC)ccc3F)cnc2n1C[C@H]1CCCO1. The molecule has 9 nitrogen and oxygen atoms in total. The molecule has 0 radical (unpaired) electrons. The predicted octanol–water partition coefficient (Wildman–Crippen LogP) is 5.01. The largest absolute Gasteiger partial charge is 0.497 e. The van der Waals surface area contributed by atoms with Crippen molar-refractivity contribution in [1.82, 2.24) is 9.55 Å². The van der Waals surface area contributed by atoms with E-state index in [1.54, 1.807) is 53.2 Å². The minimum Gasteiger partial charge on any atom is -0.497 e. The zero-order valence-electron chi connectivity index (χ0n) is 21.7. The van der Waals surface area contributed by atoms with E-state index >= 15 is 0 Å². The third-order valence-corrected chi connectivity index (χ3v) is 6.70. The van der Waals surface area contributed by atoms with E-state index in [1.165, 1.54) is 20.3 Å². The number of ether oxygens (including phenoxy) is 3. The van der Waals surface area contributed by atoms with Gasteiger partial charge >= 0.3 is 5.97 Å². The number of amides is 1. The Hall–Kier alpha value is -4.44. The molecule has 0 saturated carbocycles. The van der Waals surface area contributed by atoms with Crippen LogP contribution in [-0.4, -0.2) is 48.4 Å². The number of halogens is 1. The molecular weight excluding hydrogens is 503 g/mol. The second-order valence-electron chi connectivity index (χ2n) is 9.19. The van der Waals surface area contributed by atoms with Crippen molar-refractivity contribution >= 4 is 34.3 Å². The summed E-state index contributed by atoms with van der Waals surface area (Å²) in [4.78, 5) is 30.9. The van der Waals surface area contributed by atoms with Crippen LogP contribution in [-0.2, 0) is 22.6 Å². The number of hydrogen-bond donors (Lipinski definition) is 2. The molecule has 1 atom stereocenters. The fraction of sp³-hybridized carbons (Fsp3) is 0.276. The third-order valence-electron chi connectivity index (χ3n) is 6.70. The van der Waals surface area contributed by atoms with Crippen LogP contribution in [0.15, 0.2) is 60.8 Å². The number of esters is 1. The number of rotatable bonds is 9. The third kappa shape index (κ3) is 5.56. The zero-order chi connectivity index (χ0) is 27.4. The average molecular weight is 533 g/mol. The second kappa shape index (κ2) is 11.5. The van der Waals surface area contributed by atoms with Gasteiger partial charge in [-0.2, -0.15) is 0 Å². The number of fused-ring (bicyclic) bond motifs is 1. The summed E-state index contributed by atoms with van der Waals surface area (Å²) < 4.78 is 32.3. The maximum atomic E-state index is 14.4. The molecule has 2 aromatic heterocycles. The Morgan fingerprint density at radius 3 is 2.69 bits per heavy atom. The Morgan fingerprint density at radius 1 is 1.15 bits per heavy atom. The van der Waals surface area contributed by atoms with Gasteiger partial charge in [0.1, 0.15) is 17.2 Å². The normalized spacial score (nSPS) is 14.8. The number of anilines is 2. The van der Waals surface area contributed by atoms with E-state index in [0.29, 0.717) is 46.7 Å². The molecule has 1 aliphatic rings. The van der Waals surface area contributed by atoms with Gasteiger partial charge in [-0.25, -0.2) is 14.2 Å². The van der Waals surface area contributed by atoms with E-state index in [2.05, 4.69) is 15.6 Å². The number of nitrogens with one attached hydrogen (secondary N) is 2. The van der Waals surface area contributed by atoms with Crippen LogP contribution in [0.5, 0.6) is 5.75 Å². The fourth-order valence-corrected chi connectivity index (χ4v) is 4.71. The summed E-state index contributed by atoms with van der Waals surface area (Å²) >= 11 is 0. The number of carbonyl (C=O) groups excluding carboxylic acids is 2. The molecule has 4 aromatic rings. The van der Waals surface area contributed by atoms with Gasteiger partial charge < -0.3 is 29.4 Å². The first-order valence-electron chi connectivity index (χ1n) is 12.6. The van der Waals surface area contributed by atoms with E-state index in [9.17, 15) is 14.0 Å². The van der Waals surface area contributed by atoms with Crippen LogP contribution < -0.4 is 15.4 Å². The number of nitrogens with zero attached hydrogens (tertiary/aromatic N) is 2. The molecule has 3 heterocycles. The average Bonchev–Trinajstić information content (AvgIpc) is 3.59. The fourth-order valence-electron chi connectivity index (χ4n) is 4.71. The highest BCUT2D eigenvalue weighted by molar-refractivity contribution is 6.14. The van der Waals surface area contributed by atoms with Crippen molar-refractivity contribution in [2.24, 2.45) is 0 Å². The lowest BCUT2D eigenvalue weighted by atomic mass is 10.2. The van der Waals surface area contributed by atoms with E-state index in [1.807, 2.05) is 6.07 Å². The molecule has 202 valence electrons. The van der Waals surface area contributed by atoms with E-state index < -0.39 is 5.97 Å². The lowest BCUT2D eigenvalue weighted by Gasteiger charge is -2.14. The summed E-state index contributed by atoms with van der Waals surface area (Å²) in [5, 5.41) is 6.63. The number of hydrogen-bond acceptors (Lipinski definition) is 7. The van der Waals surface area contributed by atoms with Crippen LogP contribution in [0.3, 0.4) is 0 Å². The first kappa shape index (κ1) is 26.2. The van der Waals surface area contributed by atoms with E-state index in [4.69, 9.17) is 14.2 Å². The van der Waals surface area contributed by atoms with Crippen LogP contribution in [0, 0.1) is 5.82 Å². The molecular formula is C29H29FN4O5. The summed E-state index contributed by atoms with van der Waals surface area (Å²) in [6, 6.07) is 15.0. The Morgan fingerprint density at radius 2 is 1.97 bits per heavy atom. The van der Waals surface area contributed by atoms with Gasteiger partial charge in [0.05, 0.1) is 44.4 Å². The van der Waals surface area contributed by atoms with Crippen molar-refractivity contribution < 1.29 is 28.2 Å². The highest BCUT2D eigenvalue weighted by atomic mass is 19.1. The topological polar surface area (TPSA) is 104 Å². The molecule has 1 saturated heterocycles. The van der Waals surface area contributed by atoms with Crippen molar-refractivity contribution in [3.63, 3.8) is 0 Å². The number of pyridine rings is 1. The Bertz CT molecular complexity index is 1500. The standard InChI is InChI=1S/C29H29FN4O5/c1-37-21-10-11-24(30)19(13-21)15-31-20-14-23-25(33-28(35)18-7-4-3-5-8-18)26(29(36)38-2)34(27(23)32-16-20)17-22-9-6-12-39-22/h3-5,7-8,10-11,13-14,16,22,31H,6,9,12,15,17H2,1-2H3,(H,33,35)/t22-/m1/s1. The molecule has 0 spiro atoms.